The van der Waals surface area contributed by atoms with Crippen molar-refractivity contribution < 1.29 is 4.57 Å². The maximum Gasteiger partial charge on any atom is 0.294 e. The molecule has 5 nitrogen and oxygen atoms in total. The van der Waals surface area contributed by atoms with Gasteiger partial charge in [-0.05, 0) is 142 Å². The second-order valence-electron chi connectivity index (χ2n) is 16.7. The highest BCUT2D eigenvalue weighted by molar-refractivity contribution is 5.76. The SMILES string of the molecule is C=C/C=C(\C=C/C)N(C(/C=C\C)=C/C=C)c1cccc(-c2cc(C)c(-n3ccnc3-c3ccccc3C[n+]3ccn(-c4c(C)cccc4C)c3-c3ccccc3)c(C)c2)c1.CC(C)C. The van der Waals surface area contributed by atoms with Crippen LogP contribution in [0.15, 0.2) is 207 Å². The Hall–Kier alpha value is -7.24. The Bertz CT molecular complexity index is 2760. The molecule has 64 heavy (non-hydrogen) atoms. The van der Waals surface area contributed by atoms with Gasteiger partial charge in [-0.1, -0.05) is 131 Å². The molecule has 5 heteroatoms. The van der Waals surface area contributed by atoms with Gasteiger partial charge in [0, 0.05) is 40.6 Å². The number of hydrogen-bond donors (Lipinski definition) is 0. The van der Waals surface area contributed by atoms with E-state index in [2.05, 4.69) is 220 Å². The number of hydrogen-bond acceptors (Lipinski definition) is 2. The van der Waals surface area contributed by atoms with Crippen molar-refractivity contribution in [2.75, 3.05) is 4.90 Å². The van der Waals surface area contributed by atoms with Crippen molar-refractivity contribution in [1.29, 1.82) is 0 Å². The van der Waals surface area contributed by atoms with E-state index in [-0.39, 0.29) is 0 Å². The van der Waals surface area contributed by atoms with Gasteiger partial charge >= 0.3 is 0 Å². The van der Waals surface area contributed by atoms with E-state index in [1.165, 1.54) is 22.4 Å². The second-order valence-corrected chi connectivity index (χ2v) is 16.7. The molecule has 0 atom stereocenters. The standard InChI is InChI=1S/C55H54N5.C4H10/c1-9-20-48(21-10-2)60(49(22-11-3)23-12-4)50-30-19-29-45(38-50)47-36-42(7)53(43(8)37-47)58-33-32-56-54(58)51-31-17-16-28-46(51)39-57-34-35-59(52-40(5)24-18-25-41(52)6)55(57)44-26-14-13-15-27-44;1-4(2)3/h9-38H,1,3,39H2,2,4-8H3;4H,1-3H3/q+1;/b21-10-,23-12-,48-20+,49-22+;. The summed E-state index contributed by atoms with van der Waals surface area (Å²) in [6.45, 7) is 28.0. The highest BCUT2D eigenvalue weighted by Crippen LogP contribution is 2.35. The quantitative estimate of drug-likeness (QED) is 0.0806. The van der Waals surface area contributed by atoms with Crippen molar-refractivity contribution in [2.24, 2.45) is 5.92 Å². The van der Waals surface area contributed by atoms with E-state index in [4.69, 9.17) is 4.98 Å². The summed E-state index contributed by atoms with van der Waals surface area (Å²) in [6.07, 6.45) is 24.4. The van der Waals surface area contributed by atoms with E-state index in [0.29, 0.717) is 6.54 Å². The van der Waals surface area contributed by atoms with Crippen molar-refractivity contribution in [2.45, 2.75) is 68.9 Å². The fourth-order valence-electron chi connectivity index (χ4n) is 8.32. The van der Waals surface area contributed by atoms with Crippen LogP contribution in [-0.4, -0.2) is 14.1 Å². The highest BCUT2D eigenvalue weighted by atomic mass is 15.2. The minimum atomic E-state index is 0.672. The van der Waals surface area contributed by atoms with E-state index in [1.807, 2.05) is 56.5 Å². The first-order chi connectivity index (χ1) is 31.0. The number of benzene rings is 5. The Morgan fingerprint density at radius 1 is 0.641 bits per heavy atom. The van der Waals surface area contributed by atoms with Crippen molar-refractivity contribution >= 4 is 5.69 Å². The van der Waals surface area contributed by atoms with Gasteiger partial charge in [-0.3, -0.25) is 4.57 Å². The number of allylic oxidation sites excluding steroid dienone is 8. The molecule has 0 radical (unpaired) electrons. The molecule has 0 amide bonds. The molecule has 0 saturated carbocycles. The average molecular weight is 843 g/mol. The van der Waals surface area contributed by atoms with Gasteiger partial charge in [-0.2, -0.15) is 4.57 Å². The topological polar surface area (TPSA) is 29.9 Å². The summed E-state index contributed by atoms with van der Waals surface area (Å²) < 4.78 is 6.95. The molecule has 0 fully saturated rings. The van der Waals surface area contributed by atoms with Gasteiger partial charge < -0.3 is 4.90 Å². The number of rotatable bonds is 14. The summed E-state index contributed by atoms with van der Waals surface area (Å²) in [5.41, 5.74) is 15.9. The van der Waals surface area contributed by atoms with Crippen LogP contribution in [-0.2, 0) is 6.54 Å². The van der Waals surface area contributed by atoms with Crippen LogP contribution in [0.4, 0.5) is 5.69 Å². The second kappa shape index (κ2) is 21.7. The van der Waals surface area contributed by atoms with E-state index in [0.717, 1.165) is 73.7 Å². The number of imidazole rings is 2. The largest absolute Gasteiger partial charge is 0.311 e. The summed E-state index contributed by atoms with van der Waals surface area (Å²) >= 11 is 0. The summed E-state index contributed by atoms with van der Waals surface area (Å²) in [5, 5.41) is 0. The molecule has 0 saturated heterocycles. The first kappa shape index (κ1) is 46.3. The zero-order valence-corrected chi connectivity index (χ0v) is 39.3. The van der Waals surface area contributed by atoms with Crippen LogP contribution >= 0.6 is 0 Å². The molecular formula is C59H64N5+. The summed E-state index contributed by atoms with van der Waals surface area (Å²) in [5.74, 6) is 2.87. The molecule has 0 aliphatic carbocycles. The number of aryl methyl sites for hydroxylation is 4. The molecule has 324 valence electrons. The summed E-state index contributed by atoms with van der Waals surface area (Å²) in [4.78, 5) is 7.25. The fraction of sp³-hybridized carbons (Fsp3) is 0.186. The number of aromatic nitrogens is 4. The van der Waals surface area contributed by atoms with Crippen LogP contribution < -0.4 is 9.47 Å². The molecule has 0 aliphatic heterocycles. The molecule has 0 aliphatic rings. The van der Waals surface area contributed by atoms with Gasteiger partial charge in [-0.15, -0.1) is 0 Å². The van der Waals surface area contributed by atoms with Gasteiger partial charge in [0.15, 0.2) is 0 Å². The molecule has 0 spiro atoms. The van der Waals surface area contributed by atoms with Crippen LogP contribution in [0.5, 0.6) is 0 Å². The monoisotopic (exact) mass is 843 g/mol. The maximum absolute atomic E-state index is 5.02. The predicted molar refractivity (Wildman–Crippen MR) is 273 cm³/mol. The normalized spacial score (nSPS) is 11.9. The van der Waals surface area contributed by atoms with Crippen LogP contribution in [0.1, 0.15) is 62.4 Å². The first-order valence-corrected chi connectivity index (χ1v) is 22.3. The average Bonchev–Trinajstić information content (AvgIpc) is 3.92. The smallest absolute Gasteiger partial charge is 0.294 e. The number of para-hydroxylation sites is 1. The third-order valence-corrected chi connectivity index (χ3v) is 10.8. The lowest BCUT2D eigenvalue weighted by molar-refractivity contribution is -0.676. The van der Waals surface area contributed by atoms with Gasteiger partial charge in [0.25, 0.3) is 5.82 Å². The zero-order valence-electron chi connectivity index (χ0n) is 39.3. The van der Waals surface area contributed by atoms with Gasteiger partial charge in [0.05, 0.1) is 11.3 Å². The van der Waals surface area contributed by atoms with Crippen LogP contribution in [0.3, 0.4) is 0 Å². The molecule has 7 rings (SSSR count). The Balaban J connectivity index is 0.00000163. The third-order valence-electron chi connectivity index (χ3n) is 10.8. The number of anilines is 1. The first-order valence-electron chi connectivity index (χ1n) is 22.3. The van der Waals surface area contributed by atoms with Crippen LogP contribution in [0.25, 0.3) is 45.3 Å². The zero-order chi connectivity index (χ0) is 45.8. The lowest BCUT2D eigenvalue weighted by Crippen LogP contribution is -2.35. The van der Waals surface area contributed by atoms with Crippen molar-refractivity contribution in [3.05, 3.63) is 235 Å². The van der Waals surface area contributed by atoms with Crippen LogP contribution in [0.2, 0.25) is 0 Å². The Labute approximate surface area is 382 Å². The van der Waals surface area contributed by atoms with E-state index in [9.17, 15) is 0 Å². The third kappa shape index (κ3) is 10.5. The molecule has 2 heterocycles. The predicted octanol–water partition coefficient (Wildman–Crippen LogP) is 15.0. The van der Waals surface area contributed by atoms with Gasteiger partial charge in [0.1, 0.15) is 30.5 Å². The Kier molecular flexibility index (Phi) is 15.7. The van der Waals surface area contributed by atoms with Crippen LogP contribution in [0, 0.1) is 33.6 Å². The van der Waals surface area contributed by atoms with E-state index >= 15 is 0 Å². The van der Waals surface area contributed by atoms with Gasteiger partial charge in [0.2, 0.25) is 0 Å². The van der Waals surface area contributed by atoms with Crippen molar-refractivity contribution in [3.8, 4) is 45.3 Å². The summed E-state index contributed by atoms with van der Waals surface area (Å²) in [7, 11) is 0. The molecule has 0 unspecified atom stereocenters. The minimum Gasteiger partial charge on any atom is -0.311 e. The summed E-state index contributed by atoms with van der Waals surface area (Å²) in [6, 6.07) is 39.1. The molecule has 7 aromatic rings. The molecule has 0 bridgehead atoms. The minimum absolute atomic E-state index is 0.672. The lowest BCUT2D eigenvalue weighted by Gasteiger charge is -2.28. The maximum atomic E-state index is 5.02. The van der Waals surface area contributed by atoms with E-state index < -0.39 is 0 Å². The molecule has 0 N–H and O–H groups in total. The lowest BCUT2D eigenvalue weighted by atomic mass is 9.97. The fourth-order valence-corrected chi connectivity index (χ4v) is 8.32. The molecule has 5 aromatic carbocycles. The Morgan fingerprint density at radius 3 is 1.81 bits per heavy atom. The number of nitrogens with zero attached hydrogens (tertiary/aromatic N) is 5. The van der Waals surface area contributed by atoms with Crippen molar-refractivity contribution in [1.82, 2.24) is 14.1 Å². The van der Waals surface area contributed by atoms with Gasteiger partial charge in [-0.25, -0.2) is 9.55 Å². The van der Waals surface area contributed by atoms with E-state index in [1.54, 1.807) is 0 Å². The van der Waals surface area contributed by atoms with Crippen molar-refractivity contribution in [3.63, 3.8) is 0 Å². The molecule has 2 aromatic heterocycles. The Morgan fingerprint density at radius 2 is 1.20 bits per heavy atom. The molecular weight excluding hydrogens is 779 g/mol. The highest BCUT2D eigenvalue weighted by Gasteiger charge is 2.25.